The van der Waals surface area contributed by atoms with Crippen molar-refractivity contribution < 1.29 is 14.3 Å². The van der Waals surface area contributed by atoms with Gasteiger partial charge in [-0.2, -0.15) is 5.26 Å². The van der Waals surface area contributed by atoms with Gasteiger partial charge in [-0.1, -0.05) is 19.1 Å². The van der Waals surface area contributed by atoms with Crippen LogP contribution in [0.25, 0.3) is 0 Å². The van der Waals surface area contributed by atoms with E-state index in [1.54, 1.807) is 12.1 Å². The Morgan fingerprint density at radius 2 is 2.03 bits per heavy atom. The minimum absolute atomic E-state index is 0.00159. The predicted octanol–water partition coefficient (Wildman–Crippen LogP) is 2.43. The van der Waals surface area contributed by atoms with Gasteiger partial charge < -0.3 is 14.5 Å². The van der Waals surface area contributed by atoms with Gasteiger partial charge in [0, 0.05) is 43.9 Å². The summed E-state index contributed by atoms with van der Waals surface area (Å²) in [7, 11) is 0. The van der Waals surface area contributed by atoms with Crippen LogP contribution in [0, 0.1) is 22.7 Å². The molecule has 0 bridgehead atoms. The molecule has 1 N–H and O–H groups in total. The summed E-state index contributed by atoms with van der Waals surface area (Å²) in [5, 5.41) is 20.1. The second-order valence-electron chi connectivity index (χ2n) is 10.6. The summed E-state index contributed by atoms with van der Waals surface area (Å²) >= 11 is 0. The Balaban J connectivity index is 1.09. The molecule has 184 valence electrons. The van der Waals surface area contributed by atoms with Crippen LogP contribution in [0.2, 0.25) is 0 Å². The summed E-state index contributed by atoms with van der Waals surface area (Å²) in [4.78, 5) is 29.7. The van der Waals surface area contributed by atoms with Crippen molar-refractivity contribution in [1.82, 2.24) is 25.2 Å². The van der Waals surface area contributed by atoms with Gasteiger partial charge in [0.05, 0.1) is 23.0 Å². The molecule has 1 aromatic heterocycles. The summed E-state index contributed by atoms with van der Waals surface area (Å²) in [5.74, 6) is 1.08. The van der Waals surface area contributed by atoms with Crippen LogP contribution >= 0.6 is 0 Å². The lowest BCUT2D eigenvalue weighted by atomic mass is 9.71. The van der Waals surface area contributed by atoms with Gasteiger partial charge >= 0.3 is 0 Å². The molecule has 3 aliphatic rings. The monoisotopic (exact) mass is 476 g/mol. The fourth-order valence-corrected chi connectivity index (χ4v) is 5.66. The largest absolute Gasteiger partial charge is 0.483 e. The zero-order chi connectivity index (χ0) is 24.6. The minimum Gasteiger partial charge on any atom is -0.483 e. The minimum atomic E-state index is -0.0169. The number of carbonyl (C=O) groups excluding carboxylic acids is 2. The number of H-pyrrole nitrogens is 1. The highest BCUT2D eigenvalue weighted by Gasteiger charge is 2.48. The molecule has 3 heterocycles. The highest BCUT2D eigenvalue weighted by Crippen LogP contribution is 2.42. The highest BCUT2D eigenvalue weighted by atomic mass is 16.5. The molecule has 2 aliphatic heterocycles. The van der Waals surface area contributed by atoms with Crippen molar-refractivity contribution >= 4 is 11.8 Å². The summed E-state index contributed by atoms with van der Waals surface area (Å²) in [6.45, 7) is 7.05. The molecule has 1 aliphatic carbocycles. The highest BCUT2D eigenvalue weighted by molar-refractivity contribution is 5.80. The summed E-state index contributed by atoms with van der Waals surface area (Å²) in [5.41, 5.74) is 3.66. The van der Waals surface area contributed by atoms with E-state index in [9.17, 15) is 9.59 Å². The van der Waals surface area contributed by atoms with E-state index in [1.165, 1.54) is 0 Å². The number of benzene rings is 1. The van der Waals surface area contributed by atoms with Crippen molar-refractivity contribution in [3.05, 3.63) is 40.7 Å². The number of carbonyl (C=O) groups is 2. The second-order valence-corrected chi connectivity index (χ2v) is 10.6. The van der Waals surface area contributed by atoms with Gasteiger partial charge in [0.2, 0.25) is 5.91 Å². The first kappa shape index (κ1) is 23.3. The Hall–Kier alpha value is -3.41. The predicted molar refractivity (Wildman–Crippen MR) is 127 cm³/mol. The first-order valence-electron chi connectivity index (χ1n) is 12.5. The molecule has 5 rings (SSSR count). The smallest absolute Gasteiger partial charge is 0.260 e. The van der Waals surface area contributed by atoms with Crippen LogP contribution < -0.4 is 4.74 Å². The molecular formula is C26H32N6O3. The number of fused-ring (bicyclic) bond motifs is 1. The third-order valence-corrected chi connectivity index (χ3v) is 7.89. The molecule has 1 unspecified atom stereocenters. The number of likely N-dealkylation sites (tertiary alicyclic amines) is 2. The number of nitrogens with zero attached hydrogens (tertiary/aromatic N) is 5. The molecule has 1 atom stereocenters. The van der Waals surface area contributed by atoms with E-state index >= 15 is 0 Å². The van der Waals surface area contributed by atoms with Gasteiger partial charge in [-0.3, -0.25) is 14.7 Å². The molecule has 9 heteroatoms. The quantitative estimate of drug-likeness (QED) is 0.709. The van der Waals surface area contributed by atoms with E-state index < -0.39 is 0 Å². The van der Waals surface area contributed by atoms with Crippen LogP contribution in [0.15, 0.2) is 18.2 Å². The number of nitriles is 1. The van der Waals surface area contributed by atoms with Gasteiger partial charge in [-0.05, 0) is 55.4 Å². The third-order valence-electron chi connectivity index (χ3n) is 7.89. The molecule has 2 amide bonds. The van der Waals surface area contributed by atoms with E-state index in [2.05, 4.69) is 21.5 Å². The molecule has 9 nitrogen and oxygen atoms in total. The first-order valence-corrected chi connectivity index (χ1v) is 12.5. The standard InChI is InChI=1S/C26H32N6O3/c1-17(2)20-11-18(13-27)3-6-23(20)35-14-24(33)31-9-7-26(8-10-31)15-32(16-26)25(34)19-4-5-21-22(12-19)29-30-28-21/h3,6,11,17,19H,4-5,7-10,12,14-16H2,1-2H3,(H,28,29,30). The number of aryl methyl sites for hydroxylation is 1. The summed E-state index contributed by atoms with van der Waals surface area (Å²) < 4.78 is 5.87. The van der Waals surface area contributed by atoms with E-state index in [1.807, 2.05) is 29.7 Å². The SMILES string of the molecule is CC(C)c1cc(C#N)ccc1OCC(=O)N1CCC2(CC1)CN(C(=O)C1CCc3[nH]nnc3C1)C2. The van der Waals surface area contributed by atoms with Crippen LogP contribution in [0.3, 0.4) is 0 Å². The third kappa shape index (κ3) is 4.62. The fourth-order valence-electron chi connectivity index (χ4n) is 5.66. The van der Waals surface area contributed by atoms with E-state index in [0.29, 0.717) is 30.8 Å². The molecule has 0 radical (unpaired) electrons. The Kier molecular flexibility index (Phi) is 6.22. The van der Waals surface area contributed by atoms with Crippen molar-refractivity contribution in [2.75, 3.05) is 32.8 Å². The van der Waals surface area contributed by atoms with Crippen molar-refractivity contribution in [2.24, 2.45) is 11.3 Å². The lowest BCUT2D eigenvalue weighted by Gasteiger charge is -2.54. The van der Waals surface area contributed by atoms with Crippen molar-refractivity contribution in [1.29, 1.82) is 5.26 Å². The molecule has 1 aromatic carbocycles. The van der Waals surface area contributed by atoms with Gasteiger partial charge in [0.15, 0.2) is 6.61 Å². The van der Waals surface area contributed by atoms with Gasteiger partial charge in [-0.25, -0.2) is 0 Å². The molecular weight excluding hydrogens is 444 g/mol. The normalized spacial score (nSPS) is 20.8. The topological polar surface area (TPSA) is 115 Å². The van der Waals surface area contributed by atoms with E-state index in [4.69, 9.17) is 10.00 Å². The Morgan fingerprint density at radius 3 is 2.74 bits per heavy atom. The lowest BCUT2D eigenvalue weighted by Crippen LogP contribution is -2.63. The summed E-state index contributed by atoms with van der Waals surface area (Å²) in [6, 6.07) is 7.48. The maximum absolute atomic E-state index is 13.0. The van der Waals surface area contributed by atoms with Crippen molar-refractivity contribution in [3.8, 4) is 11.8 Å². The number of ether oxygens (including phenoxy) is 1. The van der Waals surface area contributed by atoms with Crippen LogP contribution in [-0.2, 0) is 22.4 Å². The second kappa shape index (κ2) is 9.33. The first-order chi connectivity index (χ1) is 16.9. The van der Waals surface area contributed by atoms with Crippen LogP contribution in [-0.4, -0.2) is 69.8 Å². The summed E-state index contributed by atoms with van der Waals surface area (Å²) in [6.07, 6.45) is 4.18. The Bertz CT molecular complexity index is 1150. The number of hydrogen-bond donors (Lipinski definition) is 1. The van der Waals surface area contributed by atoms with Gasteiger partial charge in [0.25, 0.3) is 5.91 Å². The Labute approximate surface area is 205 Å². The molecule has 35 heavy (non-hydrogen) atoms. The molecule has 2 fully saturated rings. The van der Waals surface area contributed by atoms with Crippen LogP contribution in [0.5, 0.6) is 5.75 Å². The fraction of sp³-hybridized carbons (Fsp3) is 0.577. The van der Waals surface area contributed by atoms with E-state index in [-0.39, 0.29) is 35.7 Å². The average Bonchev–Trinajstić information content (AvgIpc) is 3.33. The maximum Gasteiger partial charge on any atom is 0.260 e. The van der Waals surface area contributed by atoms with Gasteiger partial charge in [-0.15, -0.1) is 5.10 Å². The molecule has 1 spiro atoms. The number of amides is 2. The Morgan fingerprint density at radius 1 is 1.26 bits per heavy atom. The lowest BCUT2D eigenvalue weighted by molar-refractivity contribution is -0.154. The maximum atomic E-state index is 13.0. The molecule has 2 saturated heterocycles. The zero-order valence-electron chi connectivity index (χ0n) is 20.4. The number of aromatic amines is 1. The number of piperidine rings is 1. The molecule has 0 saturated carbocycles. The van der Waals surface area contributed by atoms with E-state index in [0.717, 1.165) is 55.7 Å². The average molecular weight is 477 g/mol. The zero-order valence-corrected chi connectivity index (χ0v) is 20.4. The van der Waals surface area contributed by atoms with Crippen molar-refractivity contribution in [2.45, 2.75) is 51.9 Å². The number of hydrogen-bond acceptors (Lipinski definition) is 6. The number of nitrogens with one attached hydrogen (secondary N) is 1. The number of rotatable bonds is 5. The number of aromatic nitrogens is 3. The van der Waals surface area contributed by atoms with Gasteiger partial charge in [0.1, 0.15) is 5.75 Å². The van der Waals surface area contributed by atoms with Crippen molar-refractivity contribution in [3.63, 3.8) is 0 Å². The van der Waals surface area contributed by atoms with Crippen LogP contribution in [0.1, 0.15) is 61.5 Å². The molecule has 2 aromatic rings. The van der Waals surface area contributed by atoms with Crippen LogP contribution in [0.4, 0.5) is 0 Å².